The SMILES string of the molecule is C/C=C(\C)C(O)(/C(C)=C/C)[C@H](c1ccsc1S(N)(=O)=O)[C@@H](C)CC. The van der Waals surface area contributed by atoms with Gasteiger partial charge in [-0.3, -0.25) is 0 Å². The summed E-state index contributed by atoms with van der Waals surface area (Å²) >= 11 is 1.10. The lowest BCUT2D eigenvalue weighted by Gasteiger charge is -2.42. The fourth-order valence-electron chi connectivity index (χ4n) is 3.19. The normalized spacial score (nSPS) is 19.0. The average molecular weight is 372 g/mol. The molecule has 24 heavy (non-hydrogen) atoms. The van der Waals surface area contributed by atoms with E-state index in [0.717, 1.165) is 28.9 Å². The van der Waals surface area contributed by atoms with Crippen molar-refractivity contribution in [3.8, 4) is 0 Å². The molecule has 0 bridgehead atoms. The molecule has 0 unspecified atom stereocenters. The highest BCUT2D eigenvalue weighted by molar-refractivity contribution is 7.91. The van der Waals surface area contributed by atoms with Gasteiger partial charge in [0.05, 0.1) is 0 Å². The molecule has 0 saturated heterocycles. The number of rotatable bonds is 7. The number of hydrogen-bond donors (Lipinski definition) is 2. The maximum Gasteiger partial charge on any atom is 0.247 e. The lowest BCUT2D eigenvalue weighted by atomic mass is 9.67. The number of sulfonamides is 1. The second-order valence-electron chi connectivity index (χ2n) is 6.28. The lowest BCUT2D eigenvalue weighted by molar-refractivity contribution is 0.0617. The number of primary sulfonamides is 1. The summed E-state index contributed by atoms with van der Waals surface area (Å²) in [6, 6.07) is 1.78. The molecule has 0 radical (unpaired) electrons. The van der Waals surface area contributed by atoms with Crippen molar-refractivity contribution in [2.24, 2.45) is 11.1 Å². The molecule has 1 heterocycles. The van der Waals surface area contributed by atoms with Crippen LogP contribution in [0.3, 0.4) is 0 Å². The van der Waals surface area contributed by atoms with Gasteiger partial charge in [0.2, 0.25) is 10.0 Å². The molecule has 3 N–H and O–H groups in total. The van der Waals surface area contributed by atoms with Gasteiger partial charge in [-0.1, -0.05) is 32.4 Å². The predicted molar refractivity (Wildman–Crippen MR) is 102 cm³/mol. The first-order chi connectivity index (χ1) is 11.0. The number of thiophene rings is 1. The van der Waals surface area contributed by atoms with Crippen LogP contribution in [0, 0.1) is 5.92 Å². The van der Waals surface area contributed by atoms with Crippen molar-refractivity contribution in [3.63, 3.8) is 0 Å². The Morgan fingerprint density at radius 1 is 1.33 bits per heavy atom. The number of allylic oxidation sites excluding steroid dienone is 2. The Balaban J connectivity index is 3.79. The summed E-state index contributed by atoms with van der Waals surface area (Å²) < 4.78 is 24.2. The van der Waals surface area contributed by atoms with Gasteiger partial charge in [0.25, 0.3) is 0 Å². The van der Waals surface area contributed by atoms with Crippen LogP contribution in [-0.2, 0) is 10.0 Å². The van der Waals surface area contributed by atoms with Gasteiger partial charge in [-0.2, -0.15) is 0 Å². The van der Waals surface area contributed by atoms with Gasteiger partial charge < -0.3 is 5.11 Å². The Kier molecular flexibility index (Phi) is 6.99. The zero-order valence-corrected chi connectivity index (χ0v) is 17.0. The van der Waals surface area contributed by atoms with Crippen LogP contribution in [0.1, 0.15) is 59.4 Å². The average Bonchev–Trinajstić information content (AvgIpc) is 3.02. The second kappa shape index (κ2) is 7.95. The fraction of sp³-hybridized carbons (Fsp3) is 0.556. The van der Waals surface area contributed by atoms with E-state index in [1.165, 1.54) is 0 Å². The van der Waals surface area contributed by atoms with E-state index in [9.17, 15) is 13.5 Å². The summed E-state index contributed by atoms with van der Waals surface area (Å²) in [7, 11) is -3.83. The third-order valence-electron chi connectivity index (χ3n) is 4.98. The van der Waals surface area contributed by atoms with Gasteiger partial charge in [-0.15, -0.1) is 11.3 Å². The maximum absolute atomic E-state index is 12.0. The first-order valence-corrected chi connectivity index (χ1v) is 10.6. The molecule has 4 nitrogen and oxygen atoms in total. The molecule has 0 amide bonds. The molecule has 1 aromatic heterocycles. The Morgan fingerprint density at radius 3 is 2.21 bits per heavy atom. The highest BCUT2D eigenvalue weighted by atomic mass is 32.2. The Hall–Kier alpha value is -0.950. The van der Waals surface area contributed by atoms with E-state index in [-0.39, 0.29) is 10.1 Å². The molecule has 2 atom stereocenters. The van der Waals surface area contributed by atoms with Gasteiger partial charge in [0.15, 0.2) is 0 Å². The Morgan fingerprint density at radius 2 is 1.83 bits per heavy atom. The third-order valence-corrected chi connectivity index (χ3v) is 7.44. The van der Waals surface area contributed by atoms with Crippen LogP contribution >= 0.6 is 11.3 Å². The summed E-state index contributed by atoms with van der Waals surface area (Å²) in [5.41, 5.74) is 0.950. The monoisotopic (exact) mass is 371 g/mol. The zero-order valence-electron chi connectivity index (χ0n) is 15.3. The van der Waals surface area contributed by atoms with Crippen LogP contribution in [0.25, 0.3) is 0 Å². The van der Waals surface area contributed by atoms with Crippen molar-refractivity contribution in [2.45, 2.75) is 63.7 Å². The second-order valence-corrected chi connectivity index (χ2v) is 8.95. The van der Waals surface area contributed by atoms with Gasteiger partial charge in [0.1, 0.15) is 9.81 Å². The molecule has 0 aliphatic carbocycles. The molecule has 0 fully saturated rings. The lowest BCUT2D eigenvalue weighted by Crippen LogP contribution is -2.42. The largest absolute Gasteiger partial charge is 0.380 e. The summed E-state index contributed by atoms with van der Waals surface area (Å²) in [5, 5.41) is 18.8. The van der Waals surface area contributed by atoms with E-state index < -0.39 is 21.5 Å². The van der Waals surface area contributed by atoms with Gasteiger partial charge >= 0.3 is 0 Å². The minimum absolute atomic E-state index is 0.0647. The van der Waals surface area contributed by atoms with Crippen molar-refractivity contribution >= 4 is 21.4 Å². The third kappa shape index (κ3) is 3.82. The van der Waals surface area contributed by atoms with E-state index >= 15 is 0 Å². The van der Waals surface area contributed by atoms with E-state index in [2.05, 4.69) is 0 Å². The first-order valence-electron chi connectivity index (χ1n) is 8.14. The molecule has 1 aromatic rings. The molecule has 0 aliphatic rings. The number of nitrogens with two attached hydrogens (primary N) is 1. The Labute approximate surface area is 150 Å². The van der Waals surface area contributed by atoms with E-state index in [4.69, 9.17) is 5.14 Å². The molecule has 0 spiro atoms. The minimum atomic E-state index is -3.83. The topological polar surface area (TPSA) is 80.4 Å². The molecule has 6 heteroatoms. The fourth-order valence-corrected chi connectivity index (χ4v) is 5.08. The van der Waals surface area contributed by atoms with Crippen LogP contribution in [0.2, 0.25) is 0 Å². The molecular formula is C18H29NO3S2. The van der Waals surface area contributed by atoms with Crippen LogP contribution in [-0.4, -0.2) is 19.1 Å². The smallest absolute Gasteiger partial charge is 0.247 e. The molecular weight excluding hydrogens is 342 g/mol. The summed E-state index contributed by atoms with van der Waals surface area (Å²) in [4.78, 5) is 0. The summed E-state index contributed by atoms with van der Waals surface area (Å²) in [6.07, 6.45) is 4.57. The maximum atomic E-state index is 12.0. The zero-order chi connectivity index (χ0) is 18.7. The van der Waals surface area contributed by atoms with Crippen molar-refractivity contribution < 1.29 is 13.5 Å². The number of hydrogen-bond acceptors (Lipinski definition) is 4. The van der Waals surface area contributed by atoms with E-state index in [1.807, 2.05) is 53.7 Å². The predicted octanol–water partition coefficient (Wildman–Crippen LogP) is 4.19. The van der Waals surface area contributed by atoms with Crippen molar-refractivity contribution in [1.82, 2.24) is 0 Å². The van der Waals surface area contributed by atoms with Crippen LogP contribution in [0.5, 0.6) is 0 Å². The van der Waals surface area contributed by atoms with Crippen molar-refractivity contribution in [1.29, 1.82) is 0 Å². The quantitative estimate of drug-likeness (QED) is 0.705. The van der Waals surface area contributed by atoms with Crippen LogP contribution in [0.15, 0.2) is 39.0 Å². The van der Waals surface area contributed by atoms with Gasteiger partial charge in [-0.25, -0.2) is 13.6 Å². The van der Waals surface area contributed by atoms with Crippen LogP contribution in [0.4, 0.5) is 0 Å². The molecule has 0 aliphatic heterocycles. The Bertz CT molecular complexity index is 711. The van der Waals surface area contributed by atoms with Gasteiger partial charge in [-0.05, 0) is 61.8 Å². The van der Waals surface area contributed by atoms with Crippen LogP contribution < -0.4 is 5.14 Å². The van der Waals surface area contributed by atoms with E-state index in [0.29, 0.717) is 5.56 Å². The molecule has 0 aromatic carbocycles. The molecule has 136 valence electrons. The van der Waals surface area contributed by atoms with E-state index in [1.54, 1.807) is 11.4 Å². The number of aliphatic hydroxyl groups is 1. The van der Waals surface area contributed by atoms with Crippen molar-refractivity contribution in [2.75, 3.05) is 0 Å². The molecule has 0 saturated carbocycles. The highest BCUT2D eigenvalue weighted by Crippen LogP contribution is 2.47. The summed E-state index contributed by atoms with van der Waals surface area (Å²) in [6.45, 7) is 11.6. The van der Waals surface area contributed by atoms with Gasteiger partial charge in [0, 0.05) is 5.92 Å². The first kappa shape index (κ1) is 21.1. The highest BCUT2D eigenvalue weighted by Gasteiger charge is 2.44. The molecule has 1 rings (SSSR count). The van der Waals surface area contributed by atoms with Crippen molar-refractivity contribution in [3.05, 3.63) is 40.3 Å². The standard InChI is InChI=1S/C18H29NO3S2/c1-7-12(4)16(15-10-11-23-17(15)24(19,21)22)18(20,13(5)8-2)14(6)9-3/h8-12,16,20H,7H2,1-6H3,(H2,19,21,22)/b13-8+,14-9+/t12-,16-/m0/s1. The summed E-state index contributed by atoms with van der Waals surface area (Å²) in [5.74, 6) is -0.329. The minimum Gasteiger partial charge on any atom is -0.380 e.